The monoisotopic (exact) mass is 311 g/mol. The fourth-order valence-electron chi connectivity index (χ4n) is 2.13. The predicted octanol–water partition coefficient (Wildman–Crippen LogP) is 1.64. The summed E-state index contributed by atoms with van der Waals surface area (Å²) < 4.78 is 40.5. The molecule has 2 N–H and O–H groups in total. The second kappa shape index (κ2) is 6.14. The van der Waals surface area contributed by atoms with Crippen LogP contribution >= 0.6 is 0 Å². The van der Waals surface area contributed by atoms with E-state index < -0.39 is 22.4 Å². The quantitative estimate of drug-likeness (QED) is 0.812. The van der Waals surface area contributed by atoms with E-state index in [4.69, 9.17) is 5.11 Å². The van der Waals surface area contributed by atoms with Gasteiger partial charge in [-0.15, -0.1) is 0 Å². The molecule has 0 unspecified atom stereocenters. The van der Waals surface area contributed by atoms with Crippen molar-refractivity contribution in [3.8, 4) is 11.8 Å². The molecule has 0 aliphatic heterocycles. The van der Waals surface area contributed by atoms with Gasteiger partial charge in [-0.2, -0.15) is 0 Å². The SMILES string of the molecule is CCC1(CNS(=O)(=O)c2ccc(F)cc2C#CCO)CC1. The highest BCUT2D eigenvalue weighted by Gasteiger charge is 2.41. The van der Waals surface area contributed by atoms with E-state index in [2.05, 4.69) is 16.6 Å². The Labute approximate surface area is 124 Å². The molecule has 0 saturated heterocycles. The second-order valence-electron chi connectivity index (χ2n) is 5.28. The van der Waals surface area contributed by atoms with Gasteiger partial charge in [0.15, 0.2) is 0 Å². The van der Waals surface area contributed by atoms with E-state index in [1.807, 2.05) is 6.92 Å². The van der Waals surface area contributed by atoms with E-state index >= 15 is 0 Å². The van der Waals surface area contributed by atoms with Crippen LogP contribution in [0, 0.1) is 23.1 Å². The summed E-state index contributed by atoms with van der Waals surface area (Å²) in [5.74, 6) is 4.26. The Kier molecular flexibility index (Phi) is 4.67. The molecule has 21 heavy (non-hydrogen) atoms. The van der Waals surface area contributed by atoms with Gasteiger partial charge in [0.05, 0.1) is 4.90 Å². The van der Waals surface area contributed by atoms with Gasteiger partial charge >= 0.3 is 0 Å². The zero-order valence-corrected chi connectivity index (χ0v) is 12.6. The summed E-state index contributed by atoms with van der Waals surface area (Å²) >= 11 is 0. The summed E-state index contributed by atoms with van der Waals surface area (Å²) in [5.41, 5.74) is 0.127. The highest BCUT2D eigenvalue weighted by atomic mass is 32.2. The van der Waals surface area contributed by atoms with Gasteiger partial charge in [0, 0.05) is 12.1 Å². The van der Waals surface area contributed by atoms with Crippen LogP contribution < -0.4 is 4.72 Å². The van der Waals surface area contributed by atoms with E-state index in [0.717, 1.165) is 31.4 Å². The van der Waals surface area contributed by atoms with E-state index in [-0.39, 0.29) is 15.9 Å². The highest BCUT2D eigenvalue weighted by Crippen LogP contribution is 2.48. The average molecular weight is 311 g/mol. The summed E-state index contributed by atoms with van der Waals surface area (Å²) in [5, 5.41) is 8.71. The fourth-order valence-corrected chi connectivity index (χ4v) is 3.43. The Morgan fingerprint density at radius 1 is 1.43 bits per heavy atom. The lowest BCUT2D eigenvalue weighted by atomic mass is 10.1. The maximum Gasteiger partial charge on any atom is 0.241 e. The lowest BCUT2D eigenvalue weighted by Gasteiger charge is -2.14. The lowest BCUT2D eigenvalue weighted by molar-refractivity contribution is 0.350. The molecule has 0 atom stereocenters. The van der Waals surface area contributed by atoms with Crippen LogP contribution in [0.15, 0.2) is 23.1 Å². The van der Waals surface area contributed by atoms with Crippen molar-refractivity contribution in [2.45, 2.75) is 31.1 Å². The van der Waals surface area contributed by atoms with Gasteiger partial charge in [-0.3, -0.25) is 0 Å². The summed E-state index contributed by atoms with van der Waals surface area (Å²) in [6.45, 7) is 2.01. The maximum absolute atomic E-state index is 13.3. The minimum Gasteiger partial charge on any atom is -0.384 e. The zero-order chi connectivity index (χ0) is 15.5. The van der Waals surface area contributed by atoms with Gasteiger partial charge in [0.2, 0.25) is 10.0 Å². The molecule has 0 heterocycles. The van der Waals surface area contributed by atoms with E-state index in [1.165, 1.54) is 6.07 Å². The molecule has 1 aromatic carbocycles. The van der Waals surface area contributed by atoms with Gasteiger partial charge in [0.25, 0.3) is 0 Å². The van der Waals surface area contributed by atoms with Gasteiger partial charge in [0.1, 0.15) is 12.4 Å². The van der Waals surface area contributed by atoms with Crippen molar-refractivity contribution in [3.05, 3.63) is 29.6 Å². The standard InChI is InChI=1S/C15H18FNO3S/c1-2-15(7-8-15)11-17-21(19,20)14-6-5-13(16)10-12(14)4-3-9-18/h5-6,10,17-18H,2,7-9,11H2,1H3. The fraction of sp³-hybridized carbons (Fsp3) is 0.467. The normalized spacial score (nSPS) is 16.1. The van der Waals surface area contributed by atoms with Crippen molar-refractivity contribution in [3.63, 3.8) is 0 Å². The molecule has 2 rings (SSSR count). The Morgan fingerprint density at radius 3 is 2.71 bits per heavy atom. The number of nitrogens with one attached hydrogen (secondary N) is 1. The number of hydrogen-bond acceptors (Lipinski definition) is 3. The number of aliphatic hydroxyl groups excluding tert-OH is 1. The third-order valence-electron chi connectivity index (χ3n) is 3.88. The highest BCUT2D eigenvalue weighted by molar-refractivity contribution is 7.89. The molecule has 0 radical (unpaired) electrons. The first-order valence-corrected chi connectivity index (χ1v) is 8.30. The van der Waals surface area contributed by atoms with Crippen molar-refractivity contribution in [1.29, 1.82) is 0 Å². The minimum absolute atomic E-state index is 0.0536. The van der Waals surface area contributed by atoms with Gasteiger partial charge in [-0.1, -0.05) is 18.8 Å². The third-order valence-corrected chi connectivity index (χ3v) is 5.34. The van der Waals surface area contributed by atoms with Crippen LogP contribution in [0.5, 0.6) is 0 Å². The largest absolute Gasteiger partial charge is 0.384 e. The molecule has 1 fully saturated rings. The number of hydrogen-bond donors (Lipinski definition) is 2. The average Bonchev–Trinajstić information content (AvgIpc) is 3.23. The van der Waals surface area contributed by atoms with Crippen LogP contribution in [-0.2, 0) is 10.0 Å². The van der Waals surface area contributed by atoms with Crippen LogP contribution in [0.4, 0.5) is 4.39 Å². The molecule has 0 amide bonds. The molecule has 1 aliphatic carbocycles. The topological polar surface area (TPSA) is 66.4 Å². The van der Waals surface area contributed by atoms with Crippen molar-refractivity contribution in [2.24, 2.45) is 5.41 Å². The second-order valence-corrected chi connectivity index (χ2v) is 7.01. The van der Waals surface area contributed by atoms with Crippen molar-refractivity contribution in [2.75, 3.05) is 13.2 Å². The van der Waals surface area contributed by atoms with E-state index in [0.29, 0.717) is 6.54 Å². The molecular formula is C15H18FNO3S. The van der Waals surface area contributed by atoms with Gasteiger partial charge in [-0.05, 0) is 42.9 Å². The van der Waals surface area contributed by atoms with E-state index in [1.54, 1.807) is 0 Å². The Bertz CT molecular complexity index is 685. The zero-order valence-electron chi connectivity index (χ0n) is 11.8. The summed E-state index contributed by atoms with van der Waals surface area (Å²) in [7, 11) is -3.74. The smallest absolute Gasteiger partial charge is 0.241 e. The van der Waals surface area contributed by atoms with Crippen LogP contribution in [0.2, 0.25) is 0 Å². The van der Waals surface area contributed by atoms with E-state index in [9.17, 15) is 12.8 Å². The first-order chi connectivity index (χ1) is 9.92. The molecule has 1 aromatic rings. The first-order valence-electron chi connectivity index (χ1n) is 6.81. The first kappa shape index (κ1) is 16.0. The van der Waals surface area contributed by atoms with Crippen molar-refractivity contribution in [1.82, 2.24) is 4.72 Å². The third kappa shape index (κ3) is 3.82. The molecular weight excluding hydrogens is 293 g/mol. The molecule has 4 nitrogen and oxygen atoms in total. The van der Waals surface area contributed by atoms with Crippen molar-refractivity contribution < 1.29 is 17.9 Å². The summed E-state index contributed by atoms with van der Waals surface area (Å²) in [4.78, 5) is -0.0586. The Hall–Kier alpha value is -1.42. The summed E-state index contributed by atoms with van der Waals surface area (Å²) in [6.07, 6.45) is 2.97. The minimum atomic E-state index is -3.74. The van der Waals surface area contributed by atoms with Gasteiger partial charge in [-0.25, -0.2) is 17.5 Å². The number of halogens is 1. The van der Waals surface area contributed by atoms with Crippen molar-refractivity contribution >= 4 is 10.0 Å². The Morgan fingerprint density at radius 2 is 2.14 bits per heavy atom. The van der Waals surface area contributed by atoms with Crippen LogP contribution in [0.3, 0.4) is 0 Å². The summed E-state index contributed by atoms with van der Waals surface area (Å²) in [6, 6.07) is 3.35. The van der Waals surface area contributed by atoms with Gasteiger partial charge < -0.3 is 5.11 Å². The molecule has 0 spiro atoms. The number of sulfonamides is 1. The molecule has 6 heteroatoms. The molecule has 0 bridgehead atoms. The van der Waals surface area contributed by atoms with Crippen LogP contribution in [-0.4, -0.2) is 26.7 Å². The maximum atomic E-state index is 13.3. The Balaban J connectivity index is 2.26. The molecule has 1 aliphatic rings. The number of benzene rings is 1. The number of rotatable bonds is 5. The molecule has 0 aromatic heterocycles. The molecule has 114 valence electrons. The number of aliphatic hydroxyl groups is 1. The predicted molar refractivity (Wildman–Crippen MR) is 77.5 cm³/mol. The molecule has 1 saturated carbocycles. The van der Waals surface area contributed by atoms with Crippen LogP contribution in [0.25, 0.3) is 0 Å². The lowest BCUT2D eigenvalue weighted by Crippen LogP contribution is -2.30. The van der Waals surface area contributed by atoms with Crippen LogP contribution in [0.1, 0.15) is 31.7 Å².